The van der Waals surface area contributed by atoms with Crippen LogP contribution < -0.4 is 15.1 Å². The van der Waals surface area contributed by atoms with Gasteiger partial charge in [0.25, 0.3) is 0 Å². The number of aliphatic imine (C=N–C) groups is 1. The predicted octanol–water partition coefficient (Wildman–Crippen LogP) is 2.80. The largest absolute Gasteiger partial charge is 0.349 e. The van der Waals surface area contributed by atoms with Crippen LogP contribution in [0.25, 0.3) is 12.3 Å². The lowest BCUT2D eigenvalue weighted by Gasteiger charge is -2.16. The van der Waals surface area contributed by atoms with E-state index in [-0.39, 0.29) is 0 Å². The quantitative estimate of drug-likeness (QED) is 0.835. The van der Waals surface area contributed by atoms with Gasteiger partial charge in [-0.1, -0.05) is 23.9 Å². The Labute approximate surface area is 150 Å². The zero-order valence-corrected chi connectivity index (χ0v) is 15.3. The SMILES string of the molecule is Brc1ccccc1NC1=NCC(=CN2C=c3cnsc3=CC2)S1. The Balaban J connectivity index is 1.45. The molecule has 23 heavy (non-hydrogen) atoms. The number of hydrogen-bond donors (Lipinski definition) is 1. The number of benzene rings is 1. The van der Waals surface area contributed by atoms with Gasteiger partial charge in [-0.3, -0.25) is 4.99 Å². The molecule has 2 aliphatic rings. The van der Waals surface area contributed by atoms with E-state index in [0.29, 0.717) is 0 Å². The second-order valence-corrected chi connectivity index (χ2v) is 7.90. The summed E-state index contributed by atoms with van der Waals surface area (Å²) >= 11 is 6.77. The van der Waals surface area contributed by atoms with E-state index in [2.05, 4.69) is 54.0 Å². The monoisotopic (exact) mass is 404 g/mol. The van der Waals surface area contributed by atoms with Crippen LogP contribution in [0.2, 0.25) is 0 Å². The second-order valence-electron chi connectivity index (χ2n) is 5.10. The standard InChI is InChI=1S/C16H13BrN4S2/c17-13-3-1-2-4-14(13)20-16-18-8-12(22-16)10-21-6-5-15-11(9-21)7-19-23-15/h1-5,7,9-10H,6,8H2,(H,18,20). The van der Waals surface area contributed by atoms with Gasteiger partial charge in [-0.05, 0) is 45.7 Å². The molecule has 0 radical (unpaired) electrons. The predicted molar refractivity (Wildman–Crippen MR) is 103 cm³/mol. The topological polar surface area (TPSA) is 40.5 Å². The molecule has 0 amide bonds. The molecular formula is C16H13BrN4S2. The van der Waals surface area contributed by atoms with Crippen molar-refractivity contribution in [3.63, 3.8) is 0 Å². The van der Waals surface area contributed by atoms with Crippen molar-refractivity contribution in [2.45, 2.75) is 0 Å². The van der Waals surface area contributed by atoms with E-state index in [9.17, 15) is 0 Å². The number of aromatic nitrogens is 1. The lowest BCUT2D eigenvalue weighted by atomic mass is 10.3. The third-order valence-corrected chi connectivity index (χ3v) is 5.87. The van der Waals surface area contributed by atoms with Crippen LogP contribution in [-0.2, 0) is 0 Å². The average molecular weight is 405 g/mol. The molecule has 4 nitrogen and oxygen atoms in total. The summed E-state index contributed by atoms with van der Waals surface area (Å²) in [6, 6.07) is 8.06. The number of fused-ring (bicyclic) bond motifs is 1. The highest BCUT2D eigenvalue weighted by atomic mass is 79.9. The van der Waals surface area contributed by atoms with Crippen molar-refractivity contribution in [3.8, 4) is 0 Å². The first kappa shape index (κ1) is 15.0. The molecule has 0 aliphatic carbocycles. The number of amidine groups is 1. The summed E-state index contributed by atoms with van der Waals surface area (Å²) in [6.07, 6.45) is 8.44. The van der Waals surface area contributed by atoms with E-state index < -0.39 is 0 Å². The van der Waals surface area contributed by atoms with Crippen LogP contribution in [0.5, 0.6) is 0 Å². The van der Waals surface area contributed by atoms with Crippen molar-refractivity contribution in [1.29, 1.82) is 0 Å². The molecule has 1 aromatic heterocycles. The molecule has 2 aromatic rings. The fraction of sp³-hybridized carbons (Fsp3) is 0.125. The highest BCUT2D eigenvalue weighted by Gasteiger charge is 2.15. The molecule has 0 unspecified atom stereocenters. The normalized spacial score (nSPS) is 18.2. The van der Waals surface area contributed by atoms with Crippen LogP contribution >= 0.6 is 39.2 Å². The van der Waals surface area contributed by atoms with Gasteiger partial charge in [0.05, 0.1) is 16.8 Å². The average Bonchev–Trinajstić information content (AvgIpc) is 3.18. The molecular weight excluding hydrogens is 392 g/mol. The van der Waals surface area contributed by atoms with Gasteiger partial charge in [0, 0.05) is 39.7 Å². The van der Waals surface area contributed by atoms with Gasteiger partial charge in [0.2, 0.25) is 0 Å². The molecule has 4 rings (SSSR count). The summed E-state index contributed by atoms with van der Waals surface area (Å²) in [6.45, 7) is 1.60. The molecule has 1 N–H and O–H groups in total. The van der Waals surface area contributed by atoms with Gasteiger partial charge in [-0.25, -0.2) is 0 Å². The first-order chi connectivity index (χ1) is 11.3. The summed E-state index contributed by atoms with van der Waals surface area (Å²) in [4.78, 5) is 7.99. The van der Waals surface area contributed by atoms with E-state index in [1.54, 1.807) is 23.3 Å². The Morgan fingerprint density at radius 3 is 3.13 bits per heavy atom. The molecule has 0 fully saturated rings. The van der Waals surface area contributed by atoms with E-state index in [0.717, 1.165) is 28.4 Å². The van der Waals surface area contributed by atoms with Crippen molar-refractivity contribution in [3.05, 3.63) is 55.8 Å². The summed E-state index contributed by atoms with van der Waals surface area (Å²) in [5.74, 6) is 0. The molecule has 0 saturated carbocycles. The van der Waals surface area contributed by atoms with Crippen LogP contribution in [0.3, 0.4) is 0 Å². The Morgan fingerprint density at radius 2 is 2.22 bits per heavy atom. The zero-order chi connectivity index (χ0) is 15.6. The van der Waals surface area contributed by atoms with Crippen LogP contribution in [0.15, 0.2) is 51.0 Å². The molecule has 7 heteroatoms. The Hall–Kier alpha value is -1.57. The summed E-state index contributed by atoms with van der Waals surface area (Å²) in [5.41, 5.74) is 1.03. The third kappa shape index (κ3) is 3.36. The van der Waals surface area contributed by atoms with Crippen molar-refractivity contribution < 1.29 is 0 Å². The number of hydrogen-bond acceptors (Lipinski definition) is 6. The van der Waals surface area contributed by atoms with Gasteiger partial charge in [0.15, 0.2) is 5.17 Å². The lowest BCUT2D eigenvalue weighted by Crippen LogP contribution is -2.29. The number of nitrogens with zero attached hydrogens (tertiary/aromatic N) is 3. The Morgan fingerprint density at radius 1 is 1.30 bits per heavy atom. The maximum Gasteiger partial charge on any atom is 0.166 e. The number of halogens is 1. The van der Waals surface area contributed by atoms with Gasteiger partial charge < -0.3 is 10.2 Å². The minimum Gasteiger partial charge on any atom is -0.349 e. The van der Waals surface area contributed by atoms with E-state index in [1.807, 2.05) is 30.5 Å². The first-order valence-electron chi connectivity index (χ1n) is 7.11. The molecule has 0 atom stereocenters. The number of para-hydroxylation sites is 1. The van der Waals surface area contributed by atoms with Gasteiger partial charge in [-0.15, -0.1) is 0 Å². The first-order valence-corrected chi connectivity index (χ1v) is 9.49. The maximum absolute atomic E-state index is 4.57. The van der Waals surface area contributed by atoms with Crippen molar-refractivity contribution in [1.82, 2.24) is 9.27 Å². The fourth-order valence-corrected chi connectivity index (χ4v) is 4.23. The third-order valence-electron chi connectivity index (χ3n) is 3.45. The van der Waals surface area contributed by atoms with Gasteiger partial charge in [-0.2, -0.15) is 4.37 Å². The fourth-order valence-electron chi connectivity index (χ4n) is 2.35. The van der Waals surface area contributed by atoms with Crippen LogP contribution in [0.4, 0.5) is 5.69 Å². The highest BCUT2D eigenvalue weighted by Crippen LogP contribution is 2.29. The van der Waals surface area contributed by atoms with Gasteiger partial charge in [0.1, 0.15) is 0 Å². The van der Waals surface area contributed by atoms with Crippen molar-refractivity contribution in [2.75, 3.05) is 18.4 Å². The highest BCUT2D eigenvalue weighted by molar-refractivity contribution is 9.10. The molecule has 2 aliphatic heterocycles. The van der Waals surface area contributed by atoms with Crippen LogP contribution in [0, 0.1) is 0 Å². The Kier molecular flexibility index (Phi) is 4.24. The van der Waals surface area contributed by atoms with E-state index in [1.165, 1.54) is 14.7 Å². The number of thioether (sulfide) groups is 1. The van der Waals surface area contributed by atoms with Crippen LogP contribution in [0.1, 0.15) is 0 Å². The van der Waals surface area contributed by atoms with Crippen LogP contribution in [-0.4, -0.2) is 27.5 Å². The Bertz CT molecular complexity index is 916. The summed E-state index contributed by atoms with van der Waals surface area (Å²) < 4.78 is 6.52. The number of anilines is 1. The lowest BCUT2D eigenvalue weighted by molar-refractivity contribution is 0.621. The zero-order valence-electron chi connectivity index (χ0n) is 12.1. The molecule has 116 valence electrons. The second kappa shape index (κ2) is 6.51. The molecule has 0 saturated heterocycles. The minimum absolute atomic E-state index is 0.719. The molecule has 3 heterocycles. The molecule has 1 aromatic carbocycles. The summed E-state index contributed by atoms with van der Waals surface area (Å²) in [7, 11) is 0. The van der Waals surface area contributed by atoms with E-state index in [4.69, 9.17) is 0 Å². The molecule has 0 bridgehead atoms. The number of nitrogens with one attached hydrogen (secondary N) is 1. The van der Waals surface area contributed by atoms with E-state index >= 15 is 0 Å². The smallest absolute Gasteiger partial charge is 0.166 e. The summed E-state index contributed by atoms with van der Waals surface area (Å²) in [5, 5.41) is 5.49. The van der Waals surface area contributed by atoms with Gasteiger partial charge >= 0.3 is 0 Å². The van der Waals surface area contributed by atoms with Crippen molar-refractivity contribution >= 4 is 62.4 Å². The maximum atomic E-state index is 4.57. The molecule has 0 spiro atoms. The van der Waals surface area contributed by atoms with Crippen molar-refractivity contribution in [2.24, 2.45) is 4.99 Å². The number of rotatable bonds is 2. The minimum atomic E-state index is 0.719.